The standard InChI is InChI=1S/C24H26N8OS2/c33-22(14-30-9-11-31(12-10-30)16-3-4-16)26-23-25-19-6-5-17(13-20(19)35-23)34-24-28-27-21-8-7-18(15-1-2-15)29-32(21)24/h5-8,13,15-16H,1-4,9-12,14H2,(H,25,26,33). The van der Waals surface area contributed by atoms with Crippen molar-refractivity contribution >= 4 is 50.0 Å². The van der Waals surface area contributed by atoms with Gasteiger partial charge < -0.3 is 5.32 Å². The minimum atomic E-state index is 0.00555. The fourth-order valence-corrected chi connectivity index (χ4v) is 6.48. The smallest absolute Gasteiger partial charge is 0.240 e. The zero-order chi connectivity index (χ0) is 23.4. The summed E-state index contributed by atoms with van der Waals surface area (Å²) in [5.74, 6) is 0.583. The first-order valence-electron chi connectivity index (χ1n) is 12.2. The van der Waals surface area contributed by atoms with Crippen LogP contribution in [0.2, 0.25) is 0 Å². The largest absolute Gasteiger partial charge is 0.301 e. The molecule has 3 aliphatic rings. The molecule has 1 amide bonds. The molecular formula is C24H26N8OS2. The van der Waals surface area contributed by atoms with Crippen LogP contribution >= 0.6 is 23.1 Å². The van der Waals surface area contributed by atoms with E-state index in [0.717, 1.165) is 63.8 Å². The Kier molecular flexibility index (Phi) is 5.45. The van der Waals surface area contributed by atoms with E-state index in [4.69, 9.17) is 5.10 Å². The lowest BCUT2D eigenvalue weighted by Gasteiger charge is -2.34. The molecule has 0 atom stereocenters. The number of fused-ring (bicyclic) bond motifs is 2. The number of carbonyl (C=O) groups is 1. The van der Waals surface area contributed by atoms with Gasteiger partial charge in [-0.25, -0.2) is 4.98 Å². The second kappa shape index (κ2) is 8.81. The van der Waals surface area contributed by atoms with Crippen molar-refractivity contribution in [3.63, 3.8) is 0 Å². The first-order valence-corrected chi connectivity index (χ1v) is 13.9. The normalized spacial score (nSPS) is 19.5. The molecule has 0 unspecified atom stereocenters. The number of anilines is 1. The van der Waals surface area contributed by atoms with Gasteiger partial charge in [0.2, 0.25) is 11.1 Å². The van der Waals surface area contributed by atoms with Crippen LogP contribution in [0.3, 0.4) is 0 Å². The molecule has 3 fully saturated rings. The summed E-state index contributed by atoms with van der Waals surface area (Å²) in [6.07, 6.45) is 5.10. The number of amides is 1. The maximum absolute atomic E-state index is 12.6. The lowest BCUT2D eigenvalue weighted by molar-refractivity contribution is -0.117. The Balaban J connectivity index is 1.02. The first-order chi connectivity index (χ1) is 17.2. The second-order valence-corrected chi connectivity index (χ2v) is 11.7. The van der Waals surface area contributed by atoms with Crippen LogP contribution in [0.5, 0.6) is 0 Å². The minimum Gasteiger partial charge on any atom is -0.301 e. The molecule has 180 valence electrons. The molecule has 1 N–H and O–H groups in total. The molecule has 9 nitrogen and oxygen atoms in total. The molecule has 2 saturated carbocycles. The number of nitrogens with zero attached hydrogens (tertiary/aromatic N) is 7. The van der Waals surface area contributed by atoms with E-state index in [1.54, 1.807) is 11.8 Å². The molecule has 0 spiro atoms. The predicted octanol–water partition coefficient (Wildman–Crippen LogP) is 3.48. The van der Waals surface area contributed by atoms with Crippen molar-refractivity contribution in [2.45, 2.75) is 47.7 Å². The summed E-state index contributed by atoms with van der Waals surface area (Å²) in [4.78, 5) is 23.1. The van der Waals surface area contributed by atoms with Gasteiger partial charge in [0.1, 0.15) is 0 Å². The van der Waals surface area contributed by atoms with E-state index < -0.39 is 0 Å². The van der Waals surface area contributed by atoms with E-state index in [1.807, 2.05) is 22.7 Å². The quantitative estimate of drug-likeness (QED) is 0.407. The maximum Gasteiger partial charge on any atom is 0.240 e. The van der Waals surface area contributed by atoms with Crippen molar-refractivity contribution in [1.29, 1.82) is 0 Å². The number of benzene rings is 1. The Morgan fingerprint density at radius 3 is 2.71 bits per heavy atom. The summed E-state index contributed by atoms with van der Waals surface area (Å²) in [5.41, 5.74) is 2.75. The van der Waals surface area contributed by atoms with Crippen molar-refractivity contribution < 1.29 is 4.79 Å². The molecule has 11 heteroatoms. The molecule has 35 heavy (non-hydrogen) atoms. The highest BCUT2D eigenvalue weighted by Gasteiger charge is 2.31. The van der Waals surface area contributed by atoms with E-state index in [2.05, 4.69) is 42.4 Å². The van der Waals surface area contributed by atoms with E-state index in [-0.39, 0.29) is 5.91 Å². The van der Waals surface area contributed by atoms with Crippen LogP contribution < -0.4 is 5.32 Å². The number of carbonyl (C=O) groups excluding carboxylic acids is 1. The van der Waals surface area contributed by atoms with E-state index in [1.165, 1.54) is 37.0 Å². The molecule has 4 heterocycles. The second-order valence-electron chi connectivity index (χ2n) is 9.63. The number of piperazine rings is 1. The first kappa shape index (κ1) is 21.7. The van der Waals surface area contributed by atoms with Crippen molar-refractivity contribution in [1.82, 2.24) is 34.6 Å². The highest BCUT2D eigenvalue weighted by Crippen LogP contribution is 2.39. The van der Waals surface area contributed by atoms with Crippen LogP contribution in [0.25, 0.3) is 15.9 Å². The van der Waals surface area contributed by atoms with Crippen LogP contribution in [0, 0.1) is 0 Å². The molecule has 1 saturated heterocycles. The lowest BCUT2D eigenvalue weighted by atomic mass is 10.3. The molecule has 4 aromatic rings. The summed E-state index contributed by atoms with van der Waals surface area (Å²) in [5, 5.41) is 17.8. The third-order valence-electron chi connectivity index (χ3n) is 6.90. The van der Waals surface area contributed by atoms with E-state index in [9.17, 15) is 4.79 Å². The topological polar surface area (TPSA) is 91.5 Å². The SMILES string of the molecule is O=C(CN1CCN(C2CC2)CC1)Nc1nc2ccc(Sc3nnc4ccc(C5CC5)nn34)cc2s1. The summed E-state index contributed by atoms with van der Waals surface area (Å²) in [7, 11) is 0. The van der Waals surface area contributed by atoms with Gasteiger partial charge in [0.15, 0.2) is 10.8 Å². The highest BCUT2D eigenvalue weighted by molar-refractivity contribution is 7.99. The van der Waals surface area contributed by atoms with Gasteiger partial charge in [-0.15, -0.1) is 10.2 Å². The van der Waals surface area contributed by atoms with Gasteiger partial charge in [0, 0.05) is 43.0 Å². The summed E-state index contributed by atoms with van der Waals surface area (Å²) in [6.45, 7) is 4.47. The minimum absolute atomic E-state index is 0.00555. The average molecular weight is 507 g/mol. The lowest BCUT2D eigenvalue weighted by Crippen LogP contribution is -2.49. The predicted molar refractivity (Wildman–Crippen MR) is 136 cm³/mol. The fourth-order valence-electron chi connectivity index (χ4n) is 4.66. The van der Waals surface area contributed by atoms with Gasteiger partial charge in [0.25, 0.3) is 0 Å². The molecule has 2 aliphatic carbocycles. The van der Waals surface area contributed by atoms with Gasteiger partial charge in [-0.05, 0) is 67.8 Å². The summed E-state index contributed by atoms with van der Waals surface area (Å²) in [6, 6.07) is 11.0. The molecular weight excluding hydrogens is 480 g/mol. The number of thiazole rings is 1. The van der Waals surface area contributed by atoms with Crippen LogP contribution in [0.1, 0.15) is 37.3 Å². The molecule has 0 bridgehead atoms. The number of hydrogen-bond donors (Lipinski definition) is 1. The Morgan fingerprint density at radius 1 is 1.06 bits per heavy atom. The van der Waals surface area contributed by atoms with Crippen LogP contribution in [0.4, 0.5) is 5.13 Å². The van der Waals surface area contributed by atoms with E-state index >= 15 is 0 Å². The molecule has 3 aromatic heterocycles. The van der Waals surface area contributed by atoms with Crippen LogP contribution in [0.15, 0.2) is 40.4 Å². The number of nitrogens with one attached hydrogen (secondary N) is 1. The number of hydrogen-bond acceptors (Lipinski definition) is 9. The number of aromatic nitrogens is 5. The van der Waals surface area contributed by atoms with Crippen molar-refractivity contribution in [3.05, 3.63) is 36.0 Å². The molecule has 1 aromatic carbocycles. The van der Waals surface area contributed by atoms with E-state index in [0.29, 0.717) is 17.6 Å². The maximum atomic E-state index is 12.6. The monoisotopic (exact) mass is 506 g/mol. The molecule has 0 radical (unpaired) electrons. The van der Waals surface area contributed by atoms with Crippen molar-refractivity contribution in [2.24, 2.45) is 0 Å². The van der Waals surface area contributed by atoms with Gasteiger partial charge in [-0.2, -0.15) is 9.61 Å². The zero-order valence-corrected chi connectivity index (χ0v) is 20.9. The van der Waals surface area contributed by atoms with Gasteiger partial charge in [-0.1, -0.05) is 11.3 Å². The zero-order valence-electron chi connectivity index (χ0n) is 19.3. The van der Waals surface area contributed by atoms with Crippen LogP contribution in [-0.4, -0.2) is 79.3 Å². The Hall–Kier alpha value is -2.60. The Bertz CT molecular complexity index is 1400. The third kappa shape index (κ3) is 4.65. The molecule has 1 aliphatic heterocycles. The average Bonchev–Trinajstić information content (AvgIpc) is 3.79. The van der Waals surface area contributed by atoms with Crippen LogP contribution in [-0.2, 0) is 4.79 Å². The summed E-state index contributed by atoms with van der Waals surface area (Å²) < 4.78 is 2.87. The Morgan fingerprint density at radius 2 is 1.91 bits per heavy atom. The summed E-state index contributed by atoms with van der Waals surface area (Å²) >= 11 is 3.04. The number of rotatable bonds is 7. The fraction of sp³-hybridized carbons (Fsp3) is 0.458. The van der Waals surface area contributed by atoms with Crippen molar-refractivity contribution in [2.75, 3.05) is 38.0 Å². The highest BCUT2D eigenvalue weighted by atomic mass is 32.2. The molecule has 7 rings (SSSR count). The third-order valence-corrected chi connectivity index (χ3v) is 8.76. The van der Waals surface area contributed by atoms with Gasteiger partial charge in [-0.3, -0.25) is 14.6 Å². The van der Waals surface area contributed by atoms with Crippen molar-refractivity contribution in [3.8, 4) is 0 Å². The Labute approximate surface area is 210 Å². The van der Waals surface area contributed by atoms with Gasteiger partial charge in [0.05, 0.1) is 22.5 Å². The van der Waals surface area contributed by atoms with Gasteiger partial charge >= 0.3 is 0 Å².